The molecule has 0 aromatic rings. The molecular weight excluding hydrogens is 136 g/mol. The van der Waals surface area contributed by atoms with Crippen molar-refractivity contribution in [3.8, 4) is 0 Å². The van der Waals surface area contributed by atoms with Gasteiger partial charge < -0.3 is 14.2 Å². The molecule has 0 saturated carbocycles. The van der Waals surface area contributed by atoms with Crippen molar-refractivity contribution < 1.29 is 19.0 Å². The molecule has 0 aromatic heterocycles. The van der Waals surface area contributed by atoms with Crippen molar-refractivity contribution in [3.63, 3.8) is 0 Å². The van der Waals surface area contributed by atoms with Gasteiger partial charge >= 0.3 is 5.97 Å². The highest BCUT2D eigenvalue weighted by molar-refractivity contribution is 5.73. The van der Waals surface area contributed by atoms with Crippen LogP contribution in [0.2, 0.25) is 0 Å². The smallest absolute Gasteiger partial charge is 0.376 e. The van der Waals surface area contributed by atoms with Crippen molar-refractivity contribution in [2.75, 3.05) is 14.2 Å². The lowest BCUT2D eigenvalue weighted by Gasteiger charge is -2.10. The first-order chi connectivity index (χ1) is 4.76. The minimum Gasteiger partial charge on any atom is -0.464 e. The van der Waals surface area contributed by atoms with Crippen LogP contribution in [-0.2, 0) is 19.0 Å². The first-order valence-electron chi connectivity index (χ1n) is 2.63. The summed E-state index contributed by atoms with van der Waals surface area (Å²) in [7, 11) is 2.59. The Hall–Kier alpha value is -1.03. The quantitative estimate of drug-likeness (QED) is 0.325. The molecule has 0 rings (SSSR count). The number of esters is 1. The molecule has 0 aliphatic rings. The van der Waals surface area contributed by atoms with Crippen LogP contribution in [0.3, 0.4) is 0 Å². The summed E-state index contributed by atoms with van der Waals surface area (Å²) in [6.07, 6.45) is 0.118. The van der Waals surface area contributed by atoms with Gasteiger partial charge in [0.25, 0.3) is 6.29 Å². The molecule has 0 radical (unpaired) electrons. The summed E-state index contributed by atoms with van der Waals surface area (Å²) in [6.45, 7) is 3.26. The normalized spacial score (nSPS) is 11.8. The molecule has 0 amide bonds. The Kier molecular flexibility index (Phi) is 4.32. The minimum atomic E-state index is -0.998. The lowest BCUT2D eigenvalue weighted by molar-refractivity contribution is -0.176. The van der Waals surface area contributed by atoms with E-state index in [-0.39, 0.29) is 0 Å². The first kappa shape index (κ1) is 8.97. The molecular formula is C6H10O4. The summed E-state index contributed by atoms with van der Waals surface area (Å²) < 4.78 is 13.5. The van der Waals surface area contributed by atoms with Gasteiger partial charge in [0.15, 0.2) is 0 Å². The Morgan fingerprint density at radius 1 is 1.60 bits per heavy atom. The molecule has 0 spiro atoms. The SMILES string of the molecule is C=COC(OC)C(=O)OC. The standard InChI is InChI=1S/C6H10O4/c1-4-10-6(9-3)5(7)8-2/h4,6H,1H2,2-3H3. The van der Waals surface area contributed by atoms with Gasteiger partial charge in [0.05, 0.1) is 13.4 Å². The maximum absolute atomic E-state index is 10.6. The van der Waals surface area contributed by atoms with Crippen LogP contribution in [0.5, 0.6) is 0 Å². The molecule has 0 saturated heterocycles. The van der Waals surface area contributed by atoms with Crippen molar-refractivity contribution in [2.24, 2.45) is 0 Å². The molecule has 0 bridgehead atoms. The van der Waals surface area contributed by atoms with Crippen molar-refractivity contribution in [3.05, 3.63) is 12.8 Å². The van der Waals surface area contributed by atoms with Crippen LogP contribution >= 0.6 is 0 Å². The average molecular weight is 146 g/mol. The topological polar surface area (TPSA) is 44.8 Å². The highest BCUT2D eigenvalue weighted by Crippen LogP contribution is 1.94. The number of hydrogen-bond donors (Lipinski definition) is 0. The Morgan fingerprint density at radius 3 is 2.50 bits per heavy atom. The fourth-order valence-corrected chi connectivity index (χ4v) is 0.391. The molecule has 0 aliphatic carbocycles. The van der Waals surface area contributed by atoms with Gasteiger partial charge in [-0.15, -0.1) is 0 Å². The van der Waals surface area contributed by atoms with Crippen LogP contribution in [0.4, 0.5) is 0 Å². The Balaban J connectivity index is 3.79. The summed E-state index contributed by atoms with van der Waals surface area (Å²) in [5.74, 6) is -0.581. The van der Waals surface area contributed by atoms with Crippen molar-refractivity contribution in [1.29, 1.82) is 0 Å². The van der Waals surface area contributed by atoms with E-state index in [1.807, 2.05) is 0 Å². The lowest BCUT2D eigenvalue weighted by atomic mass is 10.6. The van der Waals surface area contributed by atoms with E-state index < -0.39 is 12.3 Å². The first-order valence-corrected chi connectivity index (χ1v) is 2.63. The maximum atomic E-state index is 10.6. The molecule has 58 valence electrons. The number of rotatable bonds is 4. The van der Waals surface area contributed by atoms with E-state index in [1.54, 1.807) is 0 Å². The third-order valence-electron chi connectivity index (χ3n) is 0.828. The van der Waals surface area contributed by atoms with Crippen LogP contribution in [0.1, 0.15) is 0 Å². The highest BCUT2D eigenvalue weighted by Gasteiger charge is 2.17. The number of hydrogen-bond acceptors (Lipinski definition) is 4. The second-order valence-electron chi connectivity index (χ2n) is 1.39. The van der Waals surface area contributed by atoms with E-state index in [1.165, 1.54) is 14.2 Å². The predicted molar refractivity (Wildman–Crippen MR) is 34.1 cm³/mol. The van der Waals surface area contributed by atoms with E-state index in [0.29, 0.717) is 0 Å². The monoisotopic (exact) mass is 146 g/mol. The molecule has 0 N–H and O–H groups in total. The van der Waals surface area contributed by atoms with Crippen molar-refractivity contribution in [1.82, 2.24) is 0 Å². The van der Waals surface area contributed by atoms with Crippen molar-refractivity contribution in [2.45, 2.75) is 6.29 Å². The van der Waals surface area contributed by atoms with E-state index in [2.05, 4.69) is 20.8 Å². The number of methoxy groups -OCH3 is 2. The molecule has 10 heavy (non-hydrogen) atoms. The summed E-state index contributed by atoms with van der Waals surface area (Å²) in [5, 5.41) is 0. The van der Waals surface area contributed by atoms with Crippen LogP contribution < -0.4 is 0 Å². The zero-order valence-corrected chi connectivity index (χ0v) is 5.99. The van der Waals surface area contributed by atoms with Gasteiger partial charge in [-0.2, -0.15) is 0 Å². The Morgan fingerprint density at radius 2 is 2.20 bits per heavy atom. The zero-order valence-electron chi connectivity index (χ0n) is 5.99. The third kappa shape index (κ3) is 2.50. The summed E-state index contributed by atoms with van der Waals surface area (Å²) >= 11 is 0. The van der Waals surface area contributed by atoms with Gasteiger partial charge in [-0.3, -0.25) is 0 Å². The predicted octanol–water partition coefficient (Wildman–Crippen LogP) is 0.292. The second-order valence-corrected chi connectivity index (χ2v) is 1.39. The second kappa shape index (κ2) is 4.81. The summed E-state index contributed by atoms with van der Waals surface area (Å²) in [4.78, 5) is 10.6. The highest BCUT2D eigenvalue weighted by atomic mass is 16.7. The van der Waals surface area contributed by atoms with Gasteiger partial charge in [0.1, 0.15) is 0 Å². The average Bonchev–Trinajstić information content (AvgIpc) is 1.99. The third-order valence-corrected chi connectivity index (χ3v) is 0.828. The molecule has 0 fully saturated rings. The molecule has 4 nitrogen and oxygen atoms in total. The number of carbonyl (C=O) groups excluding carboxylic acids is 1. The van der Waals surface area contributed by atoms with E-state index in [0.717, 1.165) is 6.26 Å². The van der Waals surface area contributed by atoms with Gasteiger partial charge in [-0.1, -0.05) is 6.58 Å². The van der Waals surface area contributed by atoms with E-state index in [4.69, 9.17) is 0 Å². The zero-order chi connectivity index (χ0) is 7.98. The fraction of sp³-hybridized carbons (Fsp3) is 0.500. The van der Waals surface area contributed by atoms with E-state index in [9.17, 15) is 4.79 Å². The molecule has 0 heterocycles. The molecule has 0 aromatic carbocycles. The maximum Gasteiger partial charge on any atom is 0.376 e. The van der Waals surface area contributed by atoms with E-state index >= 15 is 0 Å². The van der Waals surface area contributed by atoms with Crippen LogP contribution in [0, 0.1) is 0 Å². The summed E-state index contributed by atoms with van der Waals surface area (Å²) in [6, 6.07) is 0. The molecule has 1 atom stereocenters. The van der Waals surface area contributed by atoms with Crippen LogP contribution in [-0.4, -0.2) is 26.5 Å². The Labute approximate surface area is 59.4 Å². The van der Waals surface area contributed by atoms with Crippen LogP contribution in [0.25, 0.3) is 0 Å². The lowest BCUT2D eigenvalue weighted by Crippen LogP contribution is -2.25. The molecule has 0 aliphatic heterocycles. The largest absolute Gasteiger partial charge is 0.464 e. The Bertz CT molecular complexity index is 121. The fourth-order valence-electron chi connectivity index (χ4n) is 0.391. The van der Waals surface area contributed by atoms with Gasteiger partial charge in [0, 0.05) is 7.11 Å². The van der Waals surface area contributed by atoms with Gasteiger partial charge in [-0.05, 0) is 0 Å². The number of ether oxygens (including phenoxy) is 3. The minimum absolute atomic E-state index is 0.581. The number of carbonyl (C=O) groups is 1. The van der Waals surface area contributed by atoms with Gasteiger partial charge in [-0.25, -0.2) is 4.79 Å². The van der Waals surface area contributed by atoms with Crippen molar-refractivity contribution >= 4 is 5.97 Å². The molecule has 4 heteroatoms. The summed E-state index contributed by atoms with van der Waals surface area (Å²) in [5.41, 5.74) is 0. The van der Waals surface area contributed by atoms with Gasteiger partial charge in [0.2, 0.25) is 0 Å². The molecule has 1 unspecified atom stereocenters. The van der Waals surface area contributed by atoms with Crippen LogP contribution in [0.15, 0.2) is 12.8 Å².